The standard InChI is InChI=1S/C19H16BrClN2O2/c1-2-12-4-3-5-15-13(11-24)9-23(19(12)15)10-18(25)22-14-6-7-16(20)17(21)8-14/h3-9,11H,2,10H2,1H3,(H,22,25). The zero-order valence-corrected chi connectivity index (χ0v) is 15.9. The van der Waals surface area contributed by atoms with Gasteiger partial charge < -0.3 is 9.88 Å². The van der Waals surface area contributed by atoms with Gasteiger partial charge in [-0.1, -0.05) is 36.7 Å². The Morgan fingerprint density at radius 2 is 2.12 bits per heavy atom. The molecule has 0 atom stereocenters. The Labute approximate surface area is 158 Å². The van der Waals surface area contributed by atoms with Crippen LogP contribution in [0.4, 0.5) is 5.69 Å². The Morgan fingerprint density at radius 1 is 1.32 bits per heavy atom. The molecule has 0 fully saturated rings. The van der Waals surface area contributed by atoms with E-state index in [4.69, 9.17) is 11.6 Å². The van der Waals surface area contributed by atoms with Gasteiger partial charge in [-0.15, -0.1) is 0 Å². The molecule has 0 bridgehead atoms. The van der Waals surface area contributed by atoms with Crippen LogP contribution in [0.15, 0.2) is 47.1 Å². The summed E-state index contributed by atoms with van der Waals surface area (Å²) in [6, 6.07) is 11.1. The zero-order valence-electron chi connectivity index (χ0n) is 13.6. The Balaban J connectivity index is 1.90. The van der Waals surface area contributed by atoms with E-state index in [0.717, 1.165) is 33.6 Å². The Kier molecular flexibility index (Phi) is 5.25. The number of rotatable bonds is 5. The lowest BCUT2D eigenvalue weighted by Gasteiger charge is -2.10. The summed E-state index contributed by atoms with van der Waals surface area (Å²) in [5, 5.41) is 4.23. The molecule has 0 radical (unpaired) electrons. The molecule has 3 rings (SSSR count). The minimum atomic E-state index is -0.182. The molecule has 0 aliphatic heterocycles. The highest BCUT2D eigenvalue weighted by Crippen LogP contribution is 2.26. The number of hydrogen-bond donors (Lipinski definition) is 1. The van der Waals surface area contributed by atoms with E-state index >= 15 is 0 Å². The quantitative estimate of drug-likeness (QED) is 0.587. The number of para-hydroxylation sites is 1. The molecular formula is C19H16BrClN2O2. The van der Waals surface area contributed by atoms with Crippen molar-refractivity contribution in [3.05, 3.63) is 63.2 Å². The molecule has 2 aromatic carbocycles. The normalized spacial score (nSPS) is 10.8. The second-order valence-electron chi connectivity index (χ2n) is 5.67. The molecule has 0 aliphatic rings. The van der Waals surface area contributed by atoms with Crippen LogP contribution in [0.2, 0.25) is 5.02 Å². The number of aldehydes is 1. The molecule has 0 saturated heterocycles. The lowest BCUT2D eigenvalue weighted by atomic mass is 10.1. The minimum Gasteiger partial charge on any atom is -0.337 e. The number of amides is 1. The van der Waals surface area contributed by atoms with Crippen LogP contribution in [0.3, 0.4) is 0 Å². The number of hydrogen-bond acceptors (Lipinski definition) is 2. The number of nitrogens with one attached hydrogen (secondary N) is 1. The van der Waals surface area contributed by atoms with Crippen LogP contribution in [0.5, 0.6) is 0 Å². The van der Waals surface area contributed by atoms with Crippen molar-refractivity contribution in [1.82, 2.24) is 4.57 Å². The number of anilines is 1. The number of benzene rings is 2. The molecule has 4 nitrogen and oxygen atoms in total. The van der Waals surface area contributed by atoms with Crippen molar-refractivity contribution in [2.45, 2.75) is 19.9 Å². The van der Waals surface area contributed by atoms with E-state index in [1.54, 1.807) is 24.4 Å². The summed E-state index contributed by atoms with van der Waals surface area (Å²) in [7, 11) is 0. The first-order valence-electron chi connectivity index (χ1n) is 7.84. The Hall–Kier alpha value is -2.11. The van der Waals surface area contributed by atoms with Gasteiger partial charge in [0.2, 0.25) is 5.91 Å². The van der Waals surface area contributed by atoms with E-state index in [0.29, 0.717) is 16.3 Å². The fourth-order valence-electron chi connectivity index (χ4n) is 2.90. The van der Waals surface area contributed by atoms with Crippen LogP contribution in [0, 0.1) is 0 Å². The molecule has 0 saturated carbocycles. The highest BCUT2D eigenvalue weighted by atomic mass is 79.9. The van der Waals surface area contributed by atoms with Crippen LogP contribution in [0.1, 0.15) is 22.8 Å². The topological polar surface area (TPSA) is 51.1 Å². The van der Waals surface area contributed by atoms with E-state index in [-0.39, 0.29) is 12.5 Å². The van der Waals surface area contributed by atoms with Gasteiger partial charge in [-0.05, 0) is 46.1 Å². The molecule has 25 heavy (non-hydrogen) atoms. The Morgan fingerprint density at radius 3 is 2.80 bits per heavy atom. The summed E-state index contributed by atoms with van der Waals surface area (Å²) in [6.45, 7) is 2.17. The van der Waals surface area contributed by atoms with E-state index < -0.39 is 0 Å². The van der Waals surface area contributed by atoms with Gasteiger partial charge in [0.25, 0.3) is 0 Å². The monoisotopic (exact) mass is 418 g/mol. The van der Waals surface area contributed by atoms with E-state index in [1.165, 1.54) is 0 Å². The summed E-state index contributed by atoms with van der Waals surface area (Å²) in [4.78, 5) is 23.8. The smallest absolute Gasteiger partial charge is 0.244 e. The third-order valence-electron chi connectivity index (χ3n) is 4.04. The molecule has 0 aliphatic carbocycles. The second-order valence-corrected chi connectivity index (χ2v) is 6.94. The van der Waals surface area contributed by atoms with Gasteiger partial charge in [-0.3, -0.25) is 9.59 Å². The number of aromatic nitrogens is 1. The summed E-state index contributed by atoms with van der Waals surface area (Å²) in [5.74, 6) is -0.182. The fourth-order valence-corrected chi connectivity index (χ4v) is 3.33. The van der Waals surface area contributed by atoms with Crippen molar-refractivity contribution < 1.29 is 9.59 Å². The molecule has 1 amide bonds. The number of nitrogens with zero attached hydrogens (tertiary/aromatic N) is 1. The van der Waals surface area contributed by atoms with Gasteiger partial charge in [0, 0.05) is 27.3 Å². The number of halogens is 2. The molecule has 0 spiro atoms. The van der Waals surface area contributed by atoms with Gasteiger partial charge in [-0.2, -0.15) is 0 Å². The van der Waals surface area contributed by atoms with Crippen LogP contribution < -0.4 is 5.32 Å². The van der Waals surface area contributed by atoms with Crippen molar-refractivity contribution in [2.75, 3.05) is 5.32 Å². The van der Waals surface area contributed by atoms with E-state index in [1.807, 2.05) is 22.8 Å². The largest absolute Gasteiger partial charge is 0.337 e. The van der Waals surface area contributed by atoms with Gasteiger partial charge in [0.1, 0.15) is 6.54 Å². The average molecular weight is 420 g/mol. The SMILES string of the molecule is CCc1cccc2c(C=O)cn(CC(=O)Nc3ccc(Br)c(Cl)c3)c12. The third-order valence-corrected chi connectivity index (χ3v) is 5.27. The highest BCUT2D eigenvalue weighted by Gasteiger charge is 2.14. The molecule has 128 valence electrons. The predicted molar refractivity (Wildman–Crippen MR) is 104 cm³/mol. The van der Waals surface area contributed by atoms with Crippen molar-refractivity contribution in [3.8, 4) is 0 Å². The molecule has 3 aromatic rings. The van der Waals surface area contributed by atoms with Gasteiger partial charge >= 0.3 is 0 Å². The summed E-state index contributed by atoms with van der Waals surface area (Å²) >= 11 is 9.38. The molecule has 1 N–H and O–H groups in total. The zero-order chi connectivity index (χ0) is 18.0. The van der Waals surface area contributed by atoms with Gasteiger partial charge in [0.05, 0.1) is 10.5 Å². The van der Waals surface area contributed by atoms with Crippen LogP contribution in [-0.4, -0.2) is 16.8 Å². The second kappa shape index (κ2) is 7.42. The predicted octanol–water partition coefficient (Wildman–Crippen LogP) is 5.07. The molecule has 1 aromatic heterocycles. The van der Waals surface area contributed by atoms with Crippen molar-refractivity contribution in [3.63, 3.8) is 0 Å². The molecular weight excluding hydrogens is 404 g/mol. The van der Waals surface area contributed by atoms with E-state index in [9.17, 15) is 9.59 Å². The number of fused-ring (bicyclic) bond motifs is 1. The van der Waals surface area contributed by atoms with Crippen molar-refractivity contribution >= 4 is 56.3 Å². The third kappa shape index (κ3) is 3.62. The minimum absolute atomic E-state index is 0.120. The number of aryl methyl sites for hydroxylation is 1. The number of carbonyl (C=O) groups excluding carboxylic acids is 2. The first-order chi connectivity index (χ1) is 12.0. The molecule has 0 unspecified atom stereocenters. The van der Waals surface area contributed by atoms with Crippen molar-refractivity contribution in [2.24, 2.45) is 0 Å². The maximum atomic E-state index is 12.4. The van der Waals surface area contributed by atoms with Crippen LogP contribution in [0.25, 0.3) is 10.9 Å². The van der Waals surface area contributed by atoms with E-state index in [2.05, 4.69) is 28.2 Å². The number of carbonyl (C=O) groups is 2. The van der Waals surface area contributed by atoms with Crippen LogP contribution >= 0.6 is 27.5 Å². The molecule has 1 heterocycles. The van der Waals surface area contributed by atoms with Gasteiger partial charge in [-0.25, -0.2) is 0 Å². The lowest BCUT2D eigenvalue weighted by molar-refractivity contribution is -0.116. The van der Waals surface area contributed by atoms with Crippen molar-refractivity contribution in [1.29, 1.82) is 0 Å². The van der Waals surface area contributed by atoms with Gasteiger partial charge in [0.15, 0.2) is 6.29 Å². The van der Waals surface area contributed by atoms with Crippen LogP contribution in [-0.2, 0) is 17.8 Å². The summed E-state index contributed by atoms with van der Waals surface area (Å²) in [6.07, 6.45) is 3.37. The molecule has 6 heteroatoms. The summed E-state index contributed by atoms with van der Waals surface area (Å²) in [5.41, 5.74) is 3.24. The highest BCUT2D eigenvalue weighted by molar-refractivity contribution is 9.10. The first-order valence-corrected chi connectivity index (χ1v) is 9.01. The fraction of sp³-hybridized carbons (Fsp3) is 0.158. The average Bonchev–Trinajstić information content (AvgIpc) is 2.96. The Bertz CT molecular complexity index is 965. The maximum Gasteiger partial charge on any atom is 0.244 e. The summed E-state index contributed by atoms with van der Waals surface area (Å²) < 4.78 is 2.60. The first kappa shape index (κ1) is 17.7. The lowest BCUT2D eigenvalue weighted by Crippen LogP contribution is -2.18. The maximum absolute atomic E-state index is 12.4.